The van der Waals surface area contributed by atoms with Crippen molar-refractivity contribution in [2.45, 2.75) is 74.5 Å². The van der Waals surface area contributed by atoms with Crippen LogP contribution in [0.5, 0.6) is 0 Å². The first-order chi connectivity index (χ1) is 20.9. The third-order valence-electron chi connectivity index (χ3n) is 8.68. The Hall–Kier alpha value is -3.42. The fourth-order valence-corrected chi connectivity index (χ4v) is 7.28. The van der Waals surface area contributed by atoms with E-state index in [-0.39, 0.29) is 22.1 Å². The molecule has 45 heavy (non-hydrogen) atoms. The molecule has 0 saturated carbocycles. The highest BCUT2D eigenvalue weighted by atomic mass is 32.2. The maximum atomic E-state index is 11.9. The number of hydrogen-bond acceptors (Lipinski definition) is 7. The summed E-state index contributed by atoms with van der Waals surface area (Å²) >= 11 is 0. The van der Waals surface area contributed by atoms with Crippen molar-refractivity contribution >= 4 is 43.1 Å². The van der Waals surface area contributed by atoms with Crippen molar-refractivity contribution < 1.29 is 35.3 Å². The number of hydrogen-bond donors (Lipinski definition) is 3. The Kier molecular flexibility index (Phi) is 9.77. The molecule has 0 atom stereocenters. The molecule has 4 N–H and O–H groups in total. The van der Waals surface area contributed by atoms with Gasteiger partial charge in [-0.2, -0.15) is 21.4 Å². The molecular formula is C33H42N3O7S2+. The van der Waals surface area contributed by atoms with E-state index in [1.165, 1.54) is 24.3 Å². The average Bonchev–Trinajstić information content (AvgIpc) is 3.31. The maximum absolute atomic E-state index is 11.9. The molecule has 0 aromatic heterocycles. The highest BCUT2D eigenvalue weighted by Crippen LogP contribution is 2.48. The first-order valence-electron chi connectivity index (χ1n) is 14.9. The summed E-state index contributed by atoms with van der Waals surface area (Å²) in [5, 5.41) is 0. The number of benzene rings is 2. The van der Waals surface area contributed by atoms with Gasteiger partial charge in [0.2, 0.25) is 5.69 Å². The zero-order valence-electron chi connectivity index (χ0n) is 26.3. The van der Waals surface area contributed by atoms with Gasteiger partial charge in [0.1, 0.15) is 12.3 Å². The molecule has 0 aliphatic carbocycles. The van der Waals surface area contributed by atoms with E-state index in [0.29, 0.717) is 25.9 Å². The molecule has 12 heteroatoms. The molecule has 0 radical (unpaired) electrons. The number of nitrogens with two attached hydrogens (primary N) is 1. The van der Waals surface area contributed by atoms with E-state index >= 15 is 0 Å². The van der Waals surface area contributed by atoms with Crippen LogP contribution in [0, 0.1) is 0 Å². The number of unbranched alkanes of at least 4 members (excludes halogenated alkanes) is 1. The number of anilines is 1. The molecule has 242 valence electrons. The van der Waals surface area contributed by atoms with Crippen LogP contribution in [0.25, 0.3) is 0 Å². The Balaban J connectivity index is 1.65. The van der Waals surface area contributed by atoms with Gasteiger partial charge in [-0.05, 0) is 69.2 Å². The SMILES string of the molecule is CCN1C(=CC=CC=CC2=[N+](CCCCC(=O)CN)c3ccc(S(=O)(=O)O)cc3C2(C)C)C(C)(C)c2cc(S(=O)(=O)O)ccc21. The first-order valence-corrected chi connectivity index (χ1v) is 17.8. The molecule has 2 aliphatic rings. The standard InChI is InChI=1S/C33H41N3O7S2/c1-6-35-28-17-15-24(44(38,39)40)20-26(28)32(2,3)30(35)13-8-7-9-14-31-33(4,5)27-21-25(45(41,42)43)16-18-29(27)36(31)19-11-10-12-23(37)22-34/h7-9,13-18,20-21H,6,10-12,19,22,34H2,1-5H3,(H-,38,39,40,41,42,43)/p+1. The molecule has 0 fully saturated rings. The van der Waals surface area contributed by atoms with E-state index in [2.05, 4.69) is 9.48 Å². The van der Waals surface area contributed by atoms with Gasteiger partial charge in [0.25, 0.3) is 20.2 Å². The van der Waals surface area contributed by atoms with Gasteiger partial charge in [-0.15, -0.1) is 0 Å². The second-order valence-electron chi connectivity index (χ2n) is 12.3. The summed E-state index contributed by atoms with van der Waals surface area (Å²) in [5.74, 6) is 0.00680. The van der Waals surface area contributed by atoms with Crippen molar-refractivity contribution in [2.75, 3.05) is 24.5 Å². The Bertz CT molecular complexity index is 1850. The number of carbonyl (C=O) groups excluding carboxylic acids is 1. The molecule has 0 bridgehead atoms. The molecule has 2 aromatic rings. The Morgan fingerprint density at radius 2 is 1.51 bits per heavy atom. The van der Waals surface area contributed by atoms with Gasteiger partial charge in [0.15, 0.2) is 5.71 Å². The van der Waals surface area contributed by atoms with Crippen molar-refractivity contribution in [3.05, 3.63) is 83.6 Å². The van der Waals surface area contributed by atoms with Crippen LogP contribution in [-0.4, -0.2) is 61.6 Å². The number of nitrogens with zero attached hydrogens (tertiary/aromatic N) is 2. The molecule has 0 amide bonds. The molecule has 4 rings (SSSR count). The van der Waals surface area contributed by atoms with Gasteiger partial charge >= 0.3 is 0 Å². The molecule has 2 heterocycles. The van der Waals surface area contributed by atoms with E-state index in [9.17, 15) is 30.7 Å². The summed E-state index contributed by atoms with van der Waals surface area (Å²) < 4.78 is 68.8. The summed E-state index contributed by atoms with van der Waals surface area (Å²) in [6, 6.07) is 9.28. The van der Waals surface area contributed by atoms with Gasteiger partial charge in [-0.1, -0.05) is 32.1 Å². The Morgan fingerprint density at radius 3 is 2.11 bits per heavy atom. The number of allylic oxidation sites excluding steroid dienone is 6. The molecule has 10 nitrogen and oxygen atoms in total. The van der Waals surface area contributed by atoms with Crippen LogP contribution >= 0.6 is 0 Å². The van der Waals surface area contributed by atoms with Crippen molar-refractivity contribution in [2.24, 2.45) is 5.73 Å². The van der Waals surface area contributed by atoms with Gasteiger partial charge in [-0.25, -0.2) is 0 Å². The Labute approximate surface area is 266 Å². The topological polar surface area (TPSA) is 158 Å². The number of carbonyl (C=O) groups is 1. The lowest BCUT2D eigenvalue weighted by Gasteiger charge is -2.25. The fraction of sp³-hybridized carbons (Fsp3) is 0.394. The summed E-state index contributed by atoms with van der Waals surface area (Å²) in [5.41, 5.74) is 9.59. The lowest BCUT2D eigenvalue weighted by atomic mass is 9.81. The molecule has 2 aliphatic heterocycles. The van der Waals surface area contributed by atoms with E-state index in [1.807, 2.05) is 65.0 Å². The number of likely N-dealkylation sites (N-methyl/N-ethyl adjacent to an activating group) is 1. The normalized spacial score (nSPS) is 18.4. The van der Waals surface area contributed by atoms with Gasteiger partial charge in [0, 0.05) is 53.9 Å². The minimum absolute atomic E-state index is 0.00680. The van der Waals surface area contributed by atoms with Gasteiger partial charge in [-0.3, -0.25) is 13.9 Å². The zero-order valence-corrected chi connectivity index (χ0v) is 28.0. The average molecular weight is 657 g/mol. The van der Waals surface area contributed by atoms with Crippen LogP contribution in [-0.2, 0) is 35.9 Å². The first kappa shape index (κ1) is 34.5. The smallest absolute Gasteiger partial charge is 0.294 e. The summed E-state index contributed by atoms with van der Waals surface area (Å²) in [4.78, 5) is 13.5. The highest BCUT2D eigenvalue weighted by Gasteiger charge is 2.45. The van der Waals surface area contributed by atoms with Gasteiger partial charge in [0.05, 0.1) is 21.8 Å². The highest BCUT2D eigenvalue weighted by molar-refractivity contribution is 7.86. The van der Waals surface area contributed by atoms with Crippen LogP contribution < -0.4 is 10.6 Å². The summed E-state index contributed by atoms with van der Waals surface area (Å²) in [6.45, 7) is 11.3. The lowest BCUT2D eigenvalue weighted by molar-refractivity contribution is -0.438. The van der Waals surface area contributed by atoms with Crippen molar-refractivity contribution in [3.63, 3.8) is 0 Å². The predicted molar refractivity (Wildman–Crippen MR) is 176 cm³/mol. The summed E-state index contributed by atoms with van der Waals surface area (Å²) in [7, 11) is -8.72. The minimum atomic E-state index is -4.38. The van der Waals surface area contributed by atoms with Crippen molar-refractivity contribution in [3.8, 4) is 0 Å². The van der Waals surface area contributed by atoms with Crippen LogP contribution in [0.3, 0.4) is 0 Å². The molecule has 0 saturated heterocycles. The van der Waals surface area contributed by atoms with E-state index in [4.69, 9.17) is 5.73 Å². The predicted octanol–water partition coefficient (Wildman–Crippen LogP) is 5.07. The molecule has 2 aromatic carbocycles. The molecule has 0 spiro atoms. The van der Waals surface area contributed by atoms with Gasteiger partial charge < -0.3 is 10.6 Å². The van der Waals surface area contributed by atoms with Crippen LogP contribution in [0.2, 0.25) is 0 Å². The van der Waals surface area contributed by atoms with Crippen molar-refractivity contribution in [1.29, 1.82) is 0 Å². The fourth-order valence-electron chi connectivity index (χ4n) is 6.26. The second-order valence-corrected chi connectivity index (χ2v) is 15.2. The quantitative estimate of drug-likeness (QED) is 0.123. The Morgan fingerprint density at radius 1 is 0.889 bits per heavy atom. The second kappa shape index (κ2) is 12.8. The summed E-state index contributed by atoms with van der Waals surface area (Å²) in [6.07, 6.45) is 11.5. The maximum Gasteiger partial charge on any atom is 0.294 e. The molecule has 0 unspecified atom stereocenters. The third-order valence-corrected chi connectivity index (χ3v) is 10.4. The molecular weight excluding hydrogens is 615 g/mol. The minimum Gasteiger partial charge on any atom is -0.344 e. The number of ketones is 1. The van der Waals surface area contributed by atoms with Crippen LogP contribution in [0.1, 0.15) is 65.0 Å². The van der Waals surface area contributed by atoms with E-state index in [0.717, 1.165) is 40.3 Å². The third kappa shape index (κ3) is 6.90. The number of rotatable bonds is 12. The van der Waals surface area contributed by atoms with E-state index < -0.39 is 31.1 Å². The number of fused-ring (bicyclic) bond motifs is 2. The zero-order chi connectivity index (χ0) is 33.4. The lowest BCUT2D eigenvalue weighted by Crippen LogP contribution is -2.28. The number of Topliss-reactive ketones (excluding diaryl/α,β-unsaturated/α-hetero) is 1. The largest absolute Gasteiger partial charge is 0.344 e. The van der Waals surface area contributed by atoms with E-state index in [1.54, 1.807) is 12.1 Å². The van der Waals surface area contributed by atoms with Crippen molar-refractivity contribution in [1.82, 2.24) is 0 Å². The monoisotopic (exact) mass is 656 g/mol. The van der Waals surface area contributed by atoms with Crippen LogP contribution in [0.15, 0.2) is 82.3 Å². The van der Waals surface area contributed by atoms with Crippen LogP contribution in [0.4, 0.5) is 11.4 Å².